The van der Waals surface area contributed by atoms with E-state index in [1.807, 2.05) is 0 Å². The third-order valence-electron chi connectivity index (χ3n) is 5.78. The van der Waals surface area contributed by atoms with Gasteiger partial charge in [-0.1, -0.05) is 5.11 Å². The van der Waals surface area contributed by atoms with Crippen LogP contribution in [0.5, 0.6) is 0 Å². The first-order valence-electron chi connectivity index (χ1n) is 11.4. The highest BCUT2D eigenvalue weighted by molar-refractivity contribution is 6.06. The lowest BCUT2D eigenvalue weighted by molar-refractivity contribution is -0.384. The summed E-state index contributed by atoms with van der Waals surface area (Å²) in [5, 5.41) is 20.4. The van der Waals surface area contributed by atoms with Gasteiger partial charge in [0.2, 0.25) is 11.8 Å². The number of benzene rings is 1. The van der Waals surface area contributed by atoms with Gasteiger partial charge in [0.05, 0.1) is 17.3 Å². The number of imidazole rings is 1. The minimum Gasteiger partial charge on any atom is -0.352 e. The van der Waals surface area contributed by atoms with Gasteiger partial charge in [0, 0.05) is 54.4 Å². The van der Waals surface area contributed by atoms with Gasteiger partial charge in [-0.25, -0.2) is 4.98 Å². The van der Waals surface area contributed by atoms with E-state index in [9.17, 15) is 29.3 Å². The monoisotopic (exact) mass is 511 g/mol. The first-order chi connectivity index (χ1) is 17.7. The fraction of sp³-hybridized carbons (Fsp3) is 0.409. The van der Waals surface area contributed by atoms with Crippen molar-refractivity contribution in [3.8, 4) is 0 Å². The van der Waals surface area contributed by atoms with E-state index in [2.05, 4.69) is 30.6 Å². The third-order valence-corrected chi connectivity index (χ3v) is 5.78. The summed E-state index contributed by atoms with van der Waals surface area (Å²) in [7, 11) is 0. The lowest BCUT2D eigenvalue weighted by atomic mass is 10.1. The van der Waals surface area contributed by atoms with Crippen molar-refractivity contribution in [2.45, 2.75) is 44.7 Å². The van der Waals surface area contributed by atoms with Gasteiger partial charge in [0.15, 0.2) is 5.78 Å². The number of nitro benzene ring substituents is 1. The Morgan fingerprint density at radius 2 is 2.19 bits per heavy atom. The second kappa shape index (κ2) is 12.3. The van der Waals surface area contributed by atoms with Gasteiger partial charge in [-0.2, -0.15) is 0 Å². The number of H-pyrrole nitrogens is 1. The molecule has 3 rings (SSSR count). The summed E-state index contributed by atoms with van der Waals surface area (Å²) >= 11 is 0. The number of amides is 3. The maximum atomic E-state index is 13.1. The van der Waals surface area contributed by atoms with Crippen LogP contribution in [0, 0.1) is 10.1 Å². The summed E-state index contributed by atoms with van der Waals surface area (Å²) in [6.45, 7) is 1.70. The van der Waals surface area contributed by atoms with E-state index in [4.69, 9.17) is 5.53 Å². The molecule has 15 heteroatoms. The Morgan fingerprint density at radius 3 is 2.84 bits per heavy atom. The number of rotatable bonds is 12. The highest BCUT2D eigenvalue weighted by Gasteiger charge is 2.41. The van der Waals surface area contributed by atoms with Crippen LogP contribution in [0.2, 0.25) is 0 Å². The second-order valence-electron chi connectivity index (χ2n) is 8.30. The standard InChI is InChI=1S/C22H25N9O6/c1-13(32)16(10-15-11-24-12-26-15)28-22(35)18-5-6-20(33)30(18)17-4-3-14(9-19(17)31(36)37)21(34)25-7-2-8-27-29-23/h3-4,9,11-12,16,18H,2,5-8,10H2,1H3,(H,24,26)(H,25,34)(H,28,35)/t16-,18-/m0/s1. The van der Waals surface area contributed by atoms with Crippen molar-refractivity contribution in [2.75, 3.05) is 18.0 Å². The molecule has 3 N–H and O–H groups in total. The summed E-state index contributed by atoms with van der Waals surface area (Å²) in [5.41, 5.74) is 8.25. The van der Waals surface area contributed by atoms with Crippen molar-refractivity contribution < 1.29 is 24.1 Å². The zero-order chi connectivity index (χ0) is 26.9. The zero-order valence-electron chi connectivity index (χ0n) is 19.9. The molecular formula is C22H25N9O6. The number of nitrogens with one attached hydrogen (secondary N) is 3. The molecule has 2 heterocycles. The number of hydrogen-bond acceptors (Lipinski definition) is 8. The average Bonchev–Trinajstić information content (AvgIpc) is 3.52. The molecule has 3 amide bonds. The highest BCUT2D eigenvalue weighted by Crippen LogP contribution is 2.35. The van der Waals surface area contributed by atoms with Crippen LogP contribution in [0.1, 0.15) is 42.2 Å². The molecule has 0 saturated carbocycles. The number of carbonyl (C=O) groups is 4. The van der Waals surface area contributed by atoms with Crippen molar-refractivity contribution in [3.05, 3.63) is 62.5 Å². The van der Waals surface area contributed by atoms with E-state index in [1.165, 1.54) is 31.6 Å². The highest BCUT2D eigenvalue weighted by atomic mass is 16.6. The summed E-state index contributed by atoms with van der Waals surface area (Å²) in [5.74, 6) is -2.01. The van der Waals surface area contributed by atoms with Gasteiger partial charge in [-0.3, -0.25) is 34.2 Å². The van der Waals surface area contributed by atoms with E-state index in [1.54, 1.807) is 0 Å². The molecule has 0 unspecified atom stereocenters. The summed E-state index contributed by atoms with van der Waals surface area (Å²) in [4.78, 5) is 71.9. The maximum Gasteiger partial charge on any atom is 0.293 e. The quantitative estimate of drug-likeness (QED) is 0.0952. The van der Waals surface area contributed by atoms with Crippen molar-refractivity contribution in [1.82, 2.24) is 20.6 Å². The molecule has 1 fully saturated rings. The Labute approximate surface area is 210 Å². The number of aromatic nitrogens is 2. The summed E-state index contributed by atoms with van der Waals surface area (Å²) in [6.07, 6.45) is 3.59. The second-order valence-corrected chi connectivity index (χ2v) is 8.30. The van der Waals surface area contributed by atoms with Crippen molar-refractivity contribution in [2.24, 2.45) is 5.11 Å². The number of hydrogen-bond donors (Lipinski definition) is 3. The molecule has 0 spiro atoms. The molecule has 0 bridgehead atoms. The SMILES string of the molecule is CC(=O)[C@H](Cc1cnc[nH]1)NC(=O)[C@@H]1CCC(=O)N1c1ccc(C(=O)NCCCN=[N+]=[N-])cc1[N+](=O)[O-]. The number of aromatic amines is 1. The number of Topliss-reactive ketones (excluding diaryl/α,β-unsaturated/α-hetero) is 1. The van der Waals surface area contributed by atoms with Gasteiger partial charge >= 0.3 is 0 Å². The summed E-state index contributed by atoms with van der Waals surface area (Å²) in [6, 6.07) is 1.65. The van der Waals surface area contributed by atoms with Gasteiger partial charge in [-0.05, 0) is 37.4 Å². The largest absolute Gasteiger partial charge is 0.352 e. The number of ketones is 1. The van der Waals surface area contributed by atoms with Crippen LogP contribution >= 0.6 is 0 Å². The molecule has 1 aliphatic heterocycles. The van der Waals surface area contributed by atoms with Crippen molar-refractivity contribution >= 4 is 34.9 Å². The Balaban J connectivity index is 1.80. The topological polar surface area (TPSA) is 216 Å². The smallest absolute Gasteiger partial charge is 0.293 e. The molecule has 1 saturated heterocycles. The van der Waals surface area contributed by atoms with Crippen LogP contribution in [-0.4, -0.2) is 63.6 Å². The van der Waals surface area contributed by atoms with Gasteiger partial charge in [0.25, 0.3) is 11.6 Å². The molecule has 15 nitrogen and oxygen atoms in total. The molecule has 1 aromatic carbocycles. The summed E-state index contributed by atoms with van der Waals surface area (Å²) < 4.78 is 0. The predicted molar refractivity (Wildman–Crippen MR) is 129 cm³/mol. The maximum absolute atomic E-state index is 13.1. The molecular weight excluding hydrogens is 486 g/mol. The minimum atomic E-state index is -1.07. The van der Waals surface area contributed by atoms with E-state index in [0.29, 0.717) is 12.1 Å². The zero-order valence-corrected chi connectivity index (χ0v) is 19.9. The van der Waals surface area contributed by atoms with Crippen molar-refractivity contribution in [1.29, 1.82) is 0 Å². The number of nitrogens with zero attached hydrogens (tertiary/aromatic N) is 6. The van der Waals surface area contributed by atoms with Crippen LogP contribution < -0.4 is 15.5 Å². The number of azide groups is 1. The normalized spacial score (nSPS) is 15.5. The van der Waals surface area contributed by atoms with Crippen LogP contribution in [0.4, 0.5) is 11.4 Å². The fourth-order valence-corrected chi connectivity index (χ4v) is 3.93. The molecule has 1 aliphatic rings. The fourth-order valence-electron chi connectivity index (χ4n) is 3.93. The molecule has 1 aromatic heterocycles. The Bertz CT molecular complexity index is 1240. The Hall–Kier alpha value is -4.78. The van der Waals surface area contributed by atoms with E-state index < -0.39 is 40.4 Å². The average molecular weight is 511 g/mol. The van der Waals surface area contributed by atoms with Crippen LogP contribution in [-0.2, 0) is 20.8 Å². The molecule has 37 heavy (non-hydrogen) atoms. The first-order valence-corrected chi connectivity index (χ1v) is 11.4. The van der Waals surface area contributed by atoms with Crippen LogP contribution in [0.15, 0.2) is 35.8 Å². The third kappa shape index (κ3) is 6.67. The Morgan fingerprint density at radius 1 is 1.41 bits per heavy atom. The lowest BCUT2D eigenvalue weighted by Gasteiger charge is -2.26. The molecule has 194 valence electrons. The van der Waals surface area contributed by atoms with E-state index in [0.717, 1.165) is 11.0 Å². The molecule has 2 aromatic rings. The molecule has 0 radical (unpaired) electrons. The van der Waals surface area contributed by atoms with Crippen molar-refractivity contribution in [3.63, 3.8) is 0 Å². The number of nitro groups is 1. The van der Waals surface area contributed by atoms with E-state index >= 15 is 0 Å². The Kier molecular flexibility index (Phi) is 8.89. The number of carbonyl (C=O) groups excluding carboxylic acids is 4. The van der Waals surface area contributed by atoms with Gasteiger partial charge in [-0.15, -0.1) is 0 Å². The van der Waals surface area contributed by atoms with Gasteiger partial charge < -0.3 is 15.6 Å². The molecule has 2 atom stereocenters. The first kappa shape index (κ1) is 26.8. The predicted octanol–water partition coefficient (Wildman–Crippen LogP) is 1.56. The van der Waals surface area contributed by atoms with Crippen LogP contribution in [0.25, 0.3) is 10.4 Å². The molecule has 0 aliphatic carbocycles. The van der Waals surface area contributed by atoms with E-state index in [-0.39, 0.29) is 49.4 Å². The lowest BCUT2D eigenvalue weighted by Crippen LogP contribution is -2.50. The minimum absolute atomic E-state index is 0.0110. The van der Waals surface area contributed by atoms with Gasteiger partial charge in [0.1, 0.15) is 11.7 Å². The van der Waals surface area contributed by atoms with Crippen LogP contribution in [0.3, 0.4) is 0 Å². The number of anilines is 1.